The van der Waals surface area contributed by atoms with Gasteiger partial charge in [0, 0.05) is 13.1 Å². The van der Waals surface area contributed by atoms with E-state index in [4.69, 9.17) is 4.74 Å². The maximum atomic E-state index is 12.0. The average Bonchev–Trinajstić information content (AvgIpc) is 3.11. The number of hydrogen-bond acceptors (Lipinski definition) is 3. The van der Waals surface area contributed by atoms with Gasteiger partial charge in [0.15, 0.2) is 0 Å². The highest BCUT2D eigenvalue weighted by Crippen LogP contribution is 2.38. The Morgan fingerprint density at radius 3 is 2.58 bits per heavy atom. The lowest BCUT2D eigenvalue weighted by molar-refractivity contribution is -0.142. The van der Waals surface area contributed by atoms with E-state index in [9.17, 15) is 4.79 Å². The summed E-state index contributed by atoms with van der Waals surface area (Å²) in [6, 6.07) is 9.89. The molecule has 1 aromatic carbocycles. The molecule has 1 fully saturated rings. The minimum atomic E-state index is -0.190. The summed E-state index contributed by atoms with van der Waals surface area (Å²) in [6.07, 6.45) is 1.32. The van der Waals surface area contributed by atoms with Crippen molar-refractivity contribution in [3.63, 3.8) is 0 Å². The topological polar surface area (TPSA) is 29.5 Å². The Hall–Kier alpha value is -1.35. The predicted molar refractivity (Wildman–Crippen MR) is 76.0 cm³/mol. The van der Waals surface area contributed by atoms with E-state index in [0.717, 1.165) is 30.5 Å². The SMILES string of the molecule is COC(=O)C(CN(C)CC1CC1C)c1ccccc1. The number of rotatable bonds is 6. The molecule has 1 saturated carbocycles. The van der Waals surface area contributed by atoms with Crippen LogP contribution in [0.4, 0.5) is 0 Å². The first-order valence-corrected chi connectivity index (χ1v) is 6.93. The molecule has 3 nitrogen and oxygen atoms in total. The number of nitrogens with zero attached hydrogens (tertiary/aromatic N) is 1. The maximum Gasteiger partial charge on any atom is 0.314 e. The van der Waals surface area contributed by atoms with Gasteiger partial charge in [-0.3, -0.25) is 4.79 Å². The van der Waals surface area contributed by atoms with Gasteiger partial charge in [-0.2, -0.15) is 0 Å². The average molecular weight is 261 g/mol. The van der Waals surface area contributed by atoms with Crippen LogP contribution >= 0.6 is 0 Å². The minimum absolute atomic E-state index is 0.151. The number of likely N-dealkylation sites (N-methyl/N-ethyl adjacent to an activating group) is 1. The first-order valence-electron chi connectivity index (χ1n) is 6.93. The summed E-state index contributed by atoms with van der Waals surface area (Å²) in [6.45, 7) is 4.08. The second-order valence-corrected chi connectivity index (χ2v) is 5.68. The molecule has 0 saturated heterocycles. The molecule has 3 heteroatoms. The highest BCUT2D eigenvalue weighted by Gasteiger charge is 2.34. The largest absolute Gasteiger partial charge is 0.469 e. The monoisotopic (exact) mass is 261 g/mol. The second kappa shape index (κ2) is 6.20. The third-order valence-corrected chi connectivity index (χ3v) is 4.00. The van der Waals surface area contributed by atoms with Crippen LogP contribution in [0.1, 0.15) is 24.8 Å². The van der Waals surface area contributed by atoms with Crippen molar-refractivity contribution in [1.82, 2.24) is 4.90 Å². The van der Waals surface area contributed by atoms with Crippen LogP contribution in [0.2, 0.25) is 0 Å². The van der Waals surface area contributed by atoms with E-state index in [1.165, 1.54) is 13.5 Å². The van der Waals surface area contributed by atoms with E-state index in [-0.39, 0.29) is 11.9 Å². The van der Waals surface area contributed by atoms with Gasteiger partial charge in [-0.1, -0.05) is 37.3 Å². The Bertz CT molecular complexity index is 418. The molecule has 19 heavy (non-hydrogen) atoms. The minimum Gasteiger partial charge on any atom is -0.469 e. The zero-order valence-corrected chi connectivity index (χ0v) is 12.0. The summed E-state index contributed by atoms with van der Waals surface area (Å²) >= 11 is 0. The van der Waals surface area contributed by atoms with Crippen molar-refractivity contribution < 1.29 is 9.53 Å². The van der Waals surface area contributed by atoms with Gasteiger partial charge in [0.2, 0.25) is 0 Å². The summed E-state index contributed by atoms with van der Waals surface area (Å²) in [5.74, 6) is 1.31. The van der Waals surface area contributed by atoms with Gasteiger partial charge >= 0.3 is 5.97 Å². The first kappa shape index (κ1) is 14.1. The van der Waals surface area contributed by atoms with Crippen molar-refractivity contribution >= 4 is 5.97 Å². The molecule has 1 aliphatic carbocycles. The number of esters is 1. The Kier molecular flexibility index (Phi) is 4.59. The van der Waals surface area contributed by atoms with Crippen LogP contribution in [-0.2, 0) is 9.53 Å². The van der Waals surface area contributed by atoms with Crippen LogP contribution in [-0.4, -0.2) is 38.1 Å². The van der Waals surface area contributed by atoms with Crippen molar-refractivity contribution in [3.05, 3.63) is 35.9 Å². The molecule has 0 aromatic heterocycles. The molecule has 0 bridgehead atoms. The number of ether oxygens (including phenoxy) is 1. The zero-order valence-electron chi connectivity index (χ0n) is 12.0. The molecule has 0 N–H and O–H groups in total. The standard InChI is InChI=1S/C16H23NO2/c1-12-9-14(12)10-17(2)11-15(16(18)19-3)13-7-5-4-6-8-13/h4-8,12,14-15H,9-11H2,1-3H3. The van der Waals surface area contributed by atoms with Crippen molar-refractivity contribution in [1.29, 1.82) is 0 Å². The van der Waals surface area contributed by atoms with Crippen molar-refractivity contribution in [3.8, 4) is 0 Å². The lowest BCUT2D eigenvalue weighted by atomic mass is 9.98. The number of hydrogen-bond donors (Lipinski definition) is 0. The van der Waals surface area contributed by atoms with E-state index in [1.807, 2.05) is 30.3 Å². The fourth-order valence-corrected chi connectivity index (χ4v) is 2.58. The van der Waals surface area contributed by atoms with Gasteiger partial charge in [-0.15, -0.1) is 0 Å². The highest BCUT2D eigenvalue weighted by molar-refractivity contribution is 5.78. The zero-order chi connectivity index (χ0) is 13.8. The Morgan fingerprint density at radius 1 is 1.42 bits per heavy atom. The number of carbonyl (C=O) groups is 1. The fraction of sp³-hybridized carbons (Fsp3) is 0.562. The maximum absolute atomic E-state index is 12.0. The number of carbonyl (C=O) groups excluding carboxylic acids is 1. The highest BCUT2D eigenvalue weighted by atomic mass is 16.5. The van der Waals surface area contributed by atoms with Crippen LogP contribution < -0.4 is 0 Å². The molecular formula is C16H23NO2. The molecule has 2 rings (SSSR count). The molecule has 0 aliphatic heterocycles. The third kappa shape index (κ3) is 3.80. The van der Waals surface area contributed by atoms with Gasteiger partial charge in [0.25, 0.3) is 0 Å². The first-order chi connectivity index (χ1) is 9.11. The summed E-state index contributed by atoms with van der Waals surface area (Å²) in [4.78, 5) is 14.2. The molecule has 0 heterocycles. The molecular weight excluding hydrogens is 238 g/mol. The second-order valence-electron chi connectivity index (χ2n) is 5.68. The summed E-state index contributed by atoms with van der Waals surface area (Å²) in [5.41, 5.74) is 1.03. The molecule has 0 amide bonds. The van der Waals surface area contributed by atoms with Crippen molar-refractivity contribution in [2.24, 2.45) is 11.8 Å². The van der Waals surface area contributed by atoms with Crippen LogP contribution in [0.5, 0.6) is 0 Å². The van der Waals surface area contributed by atoms with Gasteiger partial charge in [-0.25, -0.2) is 0 Å². The van der Waals surface area contributed by atoms with Crippen LogP contribution in [0.15, 0.2) is 30.3 Å². The lowest BCUT2D eigenvalue weighted by Gasteiger charge is -2.22. The van der Waals surface area contributed by atoms with E-state index in [1.54, 1.807) is 0 Å². The Balaban J connectivity index is 1.99. The molecule has 0 spiro atoms. The molecule has 1 aliphatic rings. The van der Waals surface area contributed by atoms with E-state index < -0.39 is 0 Å². The molecule has 3 atom stereocenters. The van der Waals surface area contributed by atoms with Gasteiger partial charge in [0.05, 0.1) is 13.0 Å². The van der Waals surface area contributed by atoms with E-state index >= 15 is 0 Å². The third-order valence-electron chi connectivity index (χ3n) is 4.00. The fourth-order valence-electron chi connectivity index (χ4n) is 2.58. The summed E-state index contributed by atoms with van der Waals surface area (Å²) in [5, 5.41) is 0. The number of benzene rings is 1. The van der Waals surface area contributed by atoms with Crippen molar-refractivity contribution in [2.75, 3.05) is 27.2 Å². The van der Waals surface area contributed by atoms with Gasteiger partial charge in [-0.05, 0) is 30.9 Å². The van der Waals surface area contributed by atoms with E-state index in [2.05, 4.69) is 18.9 Å². The normalized spacial score (nSPS) is 23.2. The Morgan fingerprint density at radius 2 is 2.05 bits per heavy atom. The molecule has 1 aromatic rings. The van der Waals surface area contributed by atoms with Crippen LogP contribution in [0.3, 0.4) is 0 Å². The number of methoxy groups -OCH3 is 1. The van der Waals surface area contributed by atoms with Crippen LogP contribution in [0, 0.1) is 11.8 Å². The van der Waals surface area contributed by atoms with Gasteiger partial charge in [0.1, 0.15) is 0 Å². The smallest absolute Gasteiger partial charge is 0.314 e. The lowest BCUT2D eigenvalue weighted by Crippen LogP contribution is -2.31. The predicted octanol–water partition coefficient (Wildman–Crippen LogP) is 2.53. The van der Waals surface area contributed by atoms with Gasteiger partial charge < -0.3 is 9.64 Å². The molecule has 0 radical (unpaired) electrons. The van der Waals surface area contributed by atoms with E-state index in [0.29, 0.717) is 0 Å². The quantitative estimate of drug-likeness (QED) is 0.737. The van der Waals surface area contributed by atoms with Crippen molar-refractivity contribution in [2.45, 2.75) is 19.3 Å². The Labute approximate surface area is 115 Å². The summed E-state index contributed by atoms with van der Waals surface area (Å²) < 4.78 is 4.94. The molecule has 3 unspecified atom stereocenters. The summed E-state index contributed by atoms with van der Waals surface area (Å²) in [7, 11) is 3.55. The van der Waals surface area contributed by atoms with Crippen LogP contribution in [0.25, 0.3) is 0 Å². The molecule has 104 valence electrons.